The molecule has 0 fully saturated rings. The molecule has 45 heavy (non-hydrogen) atoms. The van der Waals surface area contributed by atoms with E-state index in [0.717, 1.165) is 19.9 Å². The van der Waals surface area contributed by atoms with Gasteiger partial charge >= 0.3 is 0 Å². The quantitative estimate of drug-likeness (QED) is 0.154. The summed E-state index contributed by atoms with van der Waals surface area (Å²) in [6, 6.07) is 28.0. The van der Waals surface area contributed by atoms with E-state index in [0.29, 0.717) is 6.42 Å². The minimum Gasteiger partial charge on any atom is -0.352 e. The average molecular weight is 732 g/mol. The zero-order valence-electron chi connectivity index (χ0n) is 24.9. The van der Waals surface area contributed by atoms with Gasteiger partial charge in [0.05, 0.1) is 20.6 Å². The van der Waals surface area contributed by atoms with E-state index in [9.17, 15) is 18.0 Å². The molecule has 0 spiro atoms. The molecule has 0 aliphatic rings. The van der Waals surface area contributed by atoms with E-state index < -0.39 is 28.5 Å². The standard InChI is InChI=1S/C34H34BrCl2N3O4S/c1-3-24(2)38-34(42)32(20-25-11-6-4-7-12-25)39(22-26-13-10-14-27(35)19-26)33(41)23-40(28-17-18-30(36)31(37)21-28)45(43,44)29-15-8-5-9-16-29/h4-19,21,24,32H,3,20,22-23H2,1-2H3,(H,38,42)/t24-,32+/m1/s1. The first-order valence-corrected chi connectivity index (χ1v) is 17.4. The van der Waals surface area contributed by atoms with Crippen LogP contribution in [-0.2, 0) is 32.6 Å². The predicted octanol–water partition coefficient (Wildman–Crippen LogP) is 7.51. The van der Waals surface area contributed by atoms with Gasteiger partial charge in [-0.15, -0.1) is 0 Å². The largest absolute Gasteiger partial charge is 0.352 e. The van der Waals surface area contributed by atoms with Gasteiger partial charge in [0.15, 0.2) is 0 Å². The van der Waals surface area contributed by atoms with Gasteiger partial charge in [0.1, 0.15) is 12.6 Å². The molecule has 0 aliphatic carbocycles. The number of sulfonamides is 1. The van der Waals surface area contributed by atoms with E-state index in [1.165, 1.54) is 35.2 Å². The molecule has 4 aromatic carbocycles. The molecule has 236 valence electrons. The fourth-order valence-corrected chi connectivity index (χ4v) is 6.88. The number of halogens is 3. The Morgan fingerprint density at radius 2 is 1.49 bits per heavy atom. The van der Waals surface area contributed by atoms with Gasteiger partial charge in [0.25, 0.3) is 10.0 Å². The Morgan fingerprint density at radius 1 is 0.844 bits per heavy atom. The fraction of sp³-hybridized carbons (Fsp3) is 0.235. The van der Waals surface area contributed by atoms with Crippen molar-refractivity contribution in [1.82, 2.24) is 10.2 Å². The lowest BCUT2D eigenvalue weighted by atomic mass is 10.0. The van der Waals surface area contributed by atoms with Gasteiger partial charge < -0.3 is 10.2 Å². The van der Waals surface area contributed by atoms with Gasteiger partial charge in [-0.05, 0) is 66.9 Å². The van der Waals surface area contributed by atoms with Gasteiger partial charge in [0.2, 0.25) is 11.8 Å². The lowest BCUT2D eigenvalue weighted by Crippen LogP contribution is -2.54. The zero-order chi connectivity index (χ0) is 32.6. The summed E-state index contributed by atoms with van der Waals surface area (Å²) in [6.07, 6.45) is 0.921. The van der Waals surface area contributed by atoms with Crippen LogP contribution in [0.25, 0.3) is 0 Å². The number of hydrogen-bond acceptors (Lipinski definition) is 4. The monoisotopic (exact) mass is 729 g/mol. The summed E-state index contributed by atoms with van der Waals surface area (Å²) >= 11 is 16.0. The highest BCUT2D eigenvalue weighted by Gasteiger charge is 2.35. The van der Waals surface area contributed by atoms with Crippen LogP contribution in [0.2, 0.25) is 10.0 Å². The van der Waals surface area contributed by atoms with E-state index >= 15 is 0 Å². The summed E-state index contributed by atoms with van der Waals surface area (Å²) in [6.45, 7) is 3.33. The van der Waals surface area contributed by atoms with E-state index in [2.05, 4.69) is 21.2 Å². The van der Waals surface area contributed by atoms with Gasteiger partial charge in [0, 0.05) is 23.5 Å². The lowest BCUT2D eigenvalue weighted by Gasteiger charge is -2.34. The third-order valence-electron chi connectivity index (χ3n) is 7.32. The summed E-state index contributed by atoms with van der Waals surface area (Å²) in [5.41, 5.74) is 1.78. The van der Waals surface area contributed by atoms with Gasteiger partial charge in [-0.1, -0.05) is 107 Å². The topological polar surface area (TPSA) is 86.8 Å². The highest BCUT2D eigenvalue weighted by Crippen LogP contribution is 2.31. The first-order valence-electron chi connectivity index (χ1n) is 14.4. The summed E-state index contributed by atoms with van der Waals surface area (Å²) in [4.78, 5) is 29.9. The Balaban J connectivity index is 1.82. The molecule has 2 atom stereocenters. The summed E-state index contributed by atoms with van der Waals surface area (Å²) in [5, 5.41) is 3.41. The minimum absolute atomic E-state index is 0.00207. The van der Waals surface area contributed by atoms with Gasteiger partial charge in [-0.3, -0.25) is 13.9 Å². The van der Waals surface area contributed by atoms with Crippen molar-refractivity contribution >= 4 is 66.7 Å². The first-order chi connectivity index (χ1) is 21.5. The van der Waals surface area contributed by atoms with Crippen molar-refractivity contribution in [1.29, 1.82) is 0 Å². The van der Waals surface area contributed by atoms with Gasteiger partial charge in [-0.25, -0.2) is 8.42 Å². The van der Waals surface area contributed by atoms with Gasteiger partial charge in [-0.2, -0.15) is 0 Å². The summed E-state index contributed by atoms with van der Waals surface area (Å²) < 4.78 is 29.9. The lowest BCUT2D eigenvalue weighted by molar-refractivity contribution is -0.140. The number of benzene rings is 4. The molecule has 2 amide bonds. The SMILES string of the molecule is CC[C@@H](C)NC(=O)[C@H](Cc1ccccc1)N(Cc1cccc(Br)c1)C(=O)CN(c1ccc(Cl)c(Cl)c1)S(=O)(=O)c1ccccc1. The van der Waals surface area contributed by atoms with Crippen molar-refractivity contribution in [3.8, 4) is 0 Å². The number of carbonyl (C=O) groups is 2. The smallest absolute Gasteiger partial charge is 0.264 e. The number of anilines is 1. The molecule has 0 aromatic heterocycles. The second-order valence-corrected chi connectivity index (χ2v) is 14.2. The third kappa shape index (κ3) is 9.10. The Morgan fingerprint density at radius 3 is 2.11 bits per heavy atom. The van der Waals surface area contributed by atoms with E-state index in [1.54, 1.807) is 18.2 Å². The highest BCUT2D eigenvalue weighted by molar-refractivity contribution is 9.10. The molecule has 0 unspecified atom stereocenters. The molecule has 0 radical (unpaired) electrons. The molecule has 11 heteroatoms. The molecular formula is C34H34BrCl2N3O4S. The fourth-order valence-electron chi connectivity index (χ4n) is 4.72. The first kappa shape index (κ1) is 34.5. The van der Waals surface area contributed by atoms with Crippen LogP contribution in [0.1, 0.15) is 31.4 Å². The third-order valence-corrected chi connectivity index (χ3v) is 10.3. The molecule has 4 rings (SSSR count). The van der Waals surface area contributed by atoms with Crippen LogP contribution in [0.5, 0.6) is 0 Å². The Kier molecular flexibility index (Phi) is 12.1. The molecule has 0 heterocycles. The van der Waals surface area contributed by atoms with Crippen molar-refractivity contribution in [3.63, 3.8) is 0 Å². The zero-order valence-corrected chi connectivity index (χ0v) is 28.8. The van der Waals surface area contributed by atoms with Crippen LogP contribution in [0.15, 0.2) is 112 Å². The number of rotatable bonds is 13. The van der Waals surface area contributed by atoms with Crippen molar-refractivity contribution in [2.45, 2.75) is 50.2 Å². The van der Waals surface area contributed by atoms with Crippen LogP contribution < -0.4 is 9.62 Å². The van der Waals surface area contributed by atoms with Crippen molar-refractivity contribution < 1.29 is 18.0 Å². The normalized spacial score (nSPS) is 12.6. The van der Waals surface area contributed by atoms with Crippen molar-refractivity contribution in [2.75, 3.05) is 10.8 Å². The maximum Gasteiger partial charge on any atom is 0.264 e. The van der Waals surface area contributed by atoms with Crippen LogP contribution >= 0.6 is 39.1 Å². The number of carbonyl (C=O) groups excluding carboxylic acids is 2. The van der Waals surface area contributed by atoms with Crippen LogP contribution in [0.4, 0.5) is 5.69 Å². The molecular weight excluding hydrogens is 697 g/mol. The van der Waals surface area contributed by atoms with Crippen LogP contribution in [0.3, 0.4) is 0 Å². The molecule has 0 aliphatic heterocycles. The Hall–Kier alpha value is -3.37. The highest BCUT2D eigenvalue weighted by atomic mass is 79.9. The molecule has 0 saturated heterocycles. The molecule has 4 aromatic rings. The number of nitrogens with zero attached hydrogens (tertiary/aromatic N) is 2. The predicted molar refractivity (Wildman–Crippen MR) is 184 cm³/mol. The maximum absolute atomic E-state index is 14.5. The maximum atomic E-state index is 14.5. The summed E-state index contributed by atoms with van der Waals surface area (Å²) in [5.74, 6) is -0.899. The number of nitrogens with one attached hydrogen (secondary N) is 1. The molecule has 0 saturated carbocycles. The van der Waals surface area contributed by atoms with E-state index in [1.807, 2.05) is 68.4 Å². The average Bonchev–Trinajstić information content (AvgIpc) is 3.03. The Bertz CT molecular complexity index is 1730. The van der Waals surface area contributed by atoms with Crippen molar-refractivity contribution in [2.24, 2.45) is 0 Å². The number of amides is 2. The number of hydrogen-bond donors (Lipinski definition) is 1. The second kappa shape index (κ2) is 15.8. The van der Waals surface area contributed by atoms with Crippen molar-refractivity contribution in [3.05, 3.63) is 129 Å². The minimum atomic E-state index is -4.24. The van der Waals surface area contributed by atoms with E-state index in [-0.39, 0.29) is 45.5 Å². The molecule has 7 nitrogen and oxygen atoms in total. The molecule has 0 bridgehead atoms. The van der Waals surface area contributed by atoms with Crippen LogP contribution in [0, 0.1) is 0 Å². The van der Waals surface area contributed by atoms with E-state index in [4.69, 9.17) is 23.2 Å². The van der Waals surface area contributed by atoms with Crippen LogP contribution in [-0.4, -0.2) is 43.8 Å². The second-order valence-electron chi connectivity index (χ2n) is 10.6. The Labute approximate surface area is 283 Å². The summed E-state index contributed by atoms with van der Waals surface area (Å²) in [7, 11) is -4.24. The molecule has 1 N–H and O–H groups in total.